The van der Waals surface area contributed by atoms with Gasteiger partial charge < -0.3 is 20.4 Å². The molecule has 0 radical (unpaired) electrons. The highest BCUT2D eigenvalue weighted by molar-refractivity contribution is 6.06. The van der Waals surface area contributed by atoms with Crippen LogP contribution in [0.5, 0.6) is 0 Å². The monoisotopic (exact) mass is 550 g/mol. The van der Waals surface area contributed by atoms with E-state index in [0.29, 0.717) is 35.2 Å². The molecule has 4 aromatic rings. The van der Waals surface area contributed by atoms with Gasteiger partial charge in [0.2, 0.25) is 0 Å². The first-order chi connectivity index (χ1) is 20.0. The van der Waals surface area contributed by atoms with Gasteiger partial charge in [0.15, 0.2) is 0 Å². The Labute approximate surface area is 240 Å². The molecule has 7 nitrogen and oxygen atoms in total. The number of nitrogens with one attached hydrogen (secondary N) is 1. The number of nitrogens with zero attached hydrogens (tertiary/aromatic N) is 1. The molecule has 0 heterocycles. The standard InChI is InChI=1S/C34H34N2O5/c37-24-31(26-15-5-2-6-16-26)35-33(40)29-19-9-7-17-27(29)28-18-8-10-20-30(28)34(41)36(23-21-32(38)39)22-11-14-25-12-3-1-4-13-25/h1-10,12-13,15-20,31,37H,11,14,21-24H2,(H,35,40)(H,38,39)/t31-/m0/s1. The number of hydrogen-bond donors (Lipinski definition) is 3. The van der Waals surface area contributed by atoms with Crippen molar-refractivity contribution in [3.05, 3.63) is 131 Å². The maximum Gasteiger partial charge on any atom is 0.305 e. The molecule has 0 bridgehead atoms. The Morgan fingerprint density at radius 1 is 0.707 bits per heavy atom. The summed E-state index contributed by atoms with van der Waals surface area (Å²) in [5, 5.41) is 22.2. The van der Waals surface area contributed by atoms with Crippen LogP contribution < -0.4 is 5.32 Å². The maximum absolute atomic E-state index is 13.9. The summed E-state index contributed by atoms with van der Waals surface area (Å²) in [4.78, 5) is 40.3. The topological polar surface area (TPSA) is 107 Å². The molecule has 4 aromatic carbocycles. The molecular weight excluding hydrogens is 516 g/mol. The van der Waals surface area contributed by atoms with Gasteiger partial charge in [-0.3, -0.25) is 14.4 Å². The fourth-order valence-electron chi connectivity index (χ4n) is 4.81. The fraction of sp³-hybridized carbons (Fsp3) is 0.206. The molecule has 0 aliphatic heterocycles. The Kier molecular flexibility index (Phi) is 10.4. The van der Waals surface area contributed by atoms with Gasteiger partial charge in [-0.1, -0.05) is 97.1 Å². The van der Waals surface area contributed by atoms with Crippen LogP contribution >= 0.6 is 0 Å². The predicted octanol–water partition coefficient (Wildman–Crippen LogP) is 5.37. The first kappa shape index (κ1) is 29.2. The first-order valence-electron chi connectivity index (χ1n) is 13.7. The van der Waals surface area contributed by atoms with Crippen LogP contribution in [0.3, 0.4) is 0 Å². The third-order valence-corrected chi connectivity index (χ3v) is 6.93. The number of carboxylic acids is 1. The maximum atomic E-state index is 13.9. The number of benzene rings is 4. The van der Waals surface area contributed by atoms with Gasteiger partial charge in [0, 0.05) is 24.2 Å². The molecule has 0 saturated heterocycles. The molecule has 0 spiro atoms. The van der Waals surface area contributed by atoms with Crippen LogP contribution in [0, 0.1) is 0 Å². The number of rotatable bonds is 13. The Morgan fingerprint density at radius 3 is 1.90 bits per heavy atom. The Morgan fingerprint density at radius 2 is 1.27 bits per heavy atom. The van der Waals surface area contributed by atoms with E-state index in [1.807, 2.05) is 60.7 Å². The molecule has 41 heavy (non-hydrogen) atoms. The third kappa shape index (κ3) is 7.90. The molecule has 0 unspecified atom stereocenters. The minimum absolute atomic E-state index is 0.0781. The minimum Gasteiger partial charge on any atom is -0.481 e. The molecule has 1 atom stereocenters. The molecule has 4 rings (SSSR count). The third-order valence-electron chi connectivity index (χ3n) is 6.93. The molecule has 0 aliphatic rings. The fourth-order valence-corrected chi connectivity index (χ4v) is 4.81. The van der Waals surface area contributed by atoms with Crippen molar-refractivity contribution in [2.24, 2.45) is 0 Å². The van der Waals surface area contributed by atoms with Gasteiger partial charge >= 0.3 is 5.97 Å². The summed E-state index contributed by atoms with van der Waals surface area (Å²) in [7, 11) is 0. The van der Waals surface area contributed by atoms with Crippen molar-refractivity contribution < 1.29 is 24.6 Å². The van der Waals surface area contributed by atoms with Gasteiger partial charge in [-0.25, -0.2) is 0 Å². The molecule has 7 heteroatoms. The Hall–Kier alpha value is -4.75. The van der Waals surface area contributed by atoms with Crippen LogP contribution in [0.2, 0.25) is 0 Å². The van der Waals surface area contributed by atoms with Crippen molar-refractivity contribution in [2.75, 3.05) is 19.7 Å². The summed E-state index contributed by atoms with van der Waals surface area (Å²) in [6.07, 6.45) is 1.27. The summed E-state index contributed by atoms with van der Waals surface area (Å²) in [5.41, 5.74) is 3.83. The first-order valence-corrected chi connectivity index (χ1v) is 13.7. The van der Waals surface area contributed by atoms with E-state index in [0.717, 1.165) is 17.5 Å². The van der Waals surface area contributed by atoms with Crippen LogP contribution in [-0.4, -0.2) is 52.6 Å². The van der Waals surface area contributed by atoms with Crippen LogP contribution in [0.15, 0.2) is 109 Å². The van der Waals surface area contributed by atoms with Gasteiger partial charge in [-0.2, -0.15) is 0 Å². The molecule has 3 N–H and O–H groups in total. The van der Waals surface area contributed by atoms with E-state index in [9.17, 15) is 24.6 Å². The Bertz CT molecular complexity index is 1460. The number of carbonyl (C=O) groups excluding carboxylic acids is 2. The van der Waals surface area contributed by atoms with Gasteiger partial charge in [-0.05, 0) is 47.2 Å². The van der Waals surface area contributed by atoms with Crippen molar-refractivity contribution in [3.63, 3.8) is 0 Å². The van der Waals surface area contributed by atoms with Crippen LogP contribution in [0.1, 0.15) is 50.7 Å². The zero-order chi connectivity index (χ0) is 29.0. The summed E-state index contributed by atoms with van der Waals surface area (Å²) in [6, 6.07) is 32.7. The number of amides is 2. The number of carbonyl (C=O) groups is 3. The molecule has 210 valence electrons. The van der Waals surface area contributed by atoms with Gasteiger partial charge in [0.05, 0.1) is 19.1 Å². The largest absolute Gasteiger partial charge is 0.481 e. The van der Waals surface area contributed by atoms with E-state index in [-0.39, 0.29) is 31.4 Å². The zero-order valence-corrected chi connectivity index (χ0v) is 22.8. The molecular formula is C34H34N2O5. The Balaban J connectivity index is 1.60. The van der Waals surface area contributed by atoms with E-state index < -0.39 is 12.0 Å². The van der Waals surface area contributed by atoms with Crippen molar-refractivity contribution in [1.29, 1.82) is 0 Å². The van der Waals surface area contributed by atoms with E-state index in [2.05, 4.69) is 5.32 Å². The van der Waals surface area contributed by atoms with Gasteiger partial charge in [0.25, 0.3) is 11.8 Å². The smallest absolute Gasteiger partial charge is 0.305 e. The van der Waals surface area contributed by atoms with Crippen molar-refractivity contribution in [2.45, 2.75) is 25.3 Å². The molecule has 0 saturated carbocycles. The lowest BCUT2D eigenvalue weighted by atomic mass is 9.94. The van der Waals surface area contributed by atoms with E-state index >= 15 is 0 Å². The number of carboxylic acid groups (broad SMARTS) is 1. The highest BCUT2D eigenvalue weighted by Crippen LogP contribution is 2.29. The summed E-state index contributed by atoms with van der Waals surface area (Å²) in [6.45, 7) is 0.204. The normalized spacial score (nSPS) is 11.4. The van der Waals surface area contributed by atoms with Crippen LogP contribution in [-0.2, 0) is 11.2 Å². The molecule has 2 amide bonds. The van der Waals surface area contributed by atoms with Crippen LogP contribution in [0.25, 0.3) is 11.1 Å². The number of aliphatic carboxylic acids is 1. The summed E-state index contributed by atoms with van der Waals surface area (Å²) in [5.74, 6) is -1.64. The summed E-state index contributed by atoms with van der Waals surface area (Å²) < 4.78 is 0. The number of aryl methyl sites for hydroxylation is 1. The molecule has 0 aliphatic carbocycles. The SMILES string of the molecule is O=C(O)CCN(CCCc1ccccc1)C(=O)c1ccccc1-c1ccccc1C(=O)N[C@@H](CO)c1ccccc1. The second-order valence-electron chi connectivity index (χ2n) is 9.74. The second kappa shape index (κ2) is 14.6. The van der Waals surface area contributed by atoms with E-state index in [4.69, 9.17) is 0 Å². The lowest BCUT2D eigenvalue weighted by Crippen LogP contribution is -2.34. The highest BCUT2D eigenvalue weighted by Gasteiger charge is 2.23. The lowest BCUT2D eigenvalue weighted by molar-refractivity contribution is -0.137. The molecule has 0 aromatic heterocycles. The second-order valence-corrected chi connectivity index (χ2v) is 9.74. The number of hydrogen-bond acceptors (Lipinski definition) is 4. The zero-order valence-electron chi connectivity index (χ0n) is 22.8. The number of aliphatic hydroxyl groups excluding tert-OH is 1. The van der Waals surface area contributed by atoms with Crippen molar-refractivity contribution in [3.8, 4) is 11.1 Å². The van der Waals surface area contributed by atoms with Crippen molar-refractivity contribution >= 4 is 17.8 Å². The van der Waals surface area contributed by atoms with Crippen molar-refractivity contribution in [1.82, 2.24) is 10.2 Å². The van der Waals surface area contributed by atoms with Gasteiger partial charge in [0.1, 0.15) is 0 Å². The summed E-state index contributed by atoms with van der Waals surface area (Å²) >= 11 is 0. The van der Waals surface area contributed by atoms with E-state index in [1.165, 1.54) is 0 Å². The quantitative estimate of drug-likeness (QED) is 0.208. The average Bonchev–Trinajstić information content (AvgIpc) is 3.02. The number of aliphatic hydroxyl groups is 1. The van der Waals surface area contributed by atoms with Gasteiger partial charge in [-0.15, -0.1) is 0 Å². The molecule has 0 fully saturated rings. The predicted molar refractivity (Wildman–Crippen MR) is 159 cm³/mol. The minimum atomic E-state index is -0.974. The lowest BCUT2D eigenvalue weighted by Gasteiger charge is -2.24. The highest BCUT2D eigenvalue weighted by atomic mass is 16.4. The van der Waals surface area contributed by atoms with E-state index in [1.54, 1.807) is 53.4 Å². The average molecular weight is 551 g/mol. The van der Waals surface area contributed by atoms with Crippen LogP contribution in [0.4, 0.5) is 0 Å².